The Morgan fingerprint density at radius 1 is 1.40 bits per heavy atom. The second kappa shape index (κ2) is 7.05. The van der Waals surface area contributed by atoms with E-state index in [1.54, 1.807) is 6.20 Å². The maximum atomic E-state index is 11.6. The molecule has 2 aromatic rings. The predicted octanol–water partition coefficient (Wildman–Crippen LogP) is 3.67. The fourth-order valence-corrected chi connectivity index (χ4v) is 2.26. The Labute approximate surface area is 122 Å². The van der Waals surface area contributed by atoms with Crippen LogP contribution in [-0.2, 0) is 4.79 Å². The van der Waals surface area contributed by atoms with E-state index >= 15 is 0 Å². The highest BCUT2D eigenvalue weighted by atomic mass is 32.1. The molecule has 1 atom stereocenters. The van der Waals surface area contributed by atoms with Gasteiger partial charge in [-0.1, -0.05) is 26.0 Å². The van der Waals surface area contributed by atoms with Crippen molar-refractivity contribution in [1.29, 1.82) is 0 Å². The van der Waals surface area contributed by atoms with Crippen LogP contribution in [0.25, 0.3) is 0 Å². The van der Waals surface area contributed by atoms with Gasteiger partial charge in [0.25, 0.3) is 5.91 Å². The number of thiazole rings is 1. The van der Waals surface area contributed by atoms with Crippen LogP contribution >= 0.6 is 11.3 Å². The average molecular weight is 290 g/mol. The van der Waals surface area contributed by atoms with E-state index in [1.165, 1.54) is 16.9 Å². The van der Waals surface area contributed by atoms with Crippen LogP contribution in [0.1, 0.15) is 31.7 Å². The third-order valence-corrected chi connectivity index (χ3v) is 3.80. The lowest BCUT2D eigenvalue weighted by Crippen LogP contribution is -2.19. The molecule has 0 fully saturated rings. The number of benzene rings is 1. The molecule has 0 saturated heterocycles. The van der Waals surface area contributed by atoms with E-state index in [4.69, 9.17) is 4.74 Å². The van der Waals surface area contributed by atoms with Crippen molar-refractivity contribution in [3.8, 4) is 5.75 Å². The number of ether oxygens (including phenoxy) is 1. The van der Waals surface area contributed by atoms with E-state index < -0.39 is 0 Å². The molecule has 0 aliphatic rings. The monoisotopic (exact) mass is 290 g/mol. The lowest BCUT2D eigenvalue weighted by molar-refractivity contribution is -0.118. The standard InChI is InChI=1S/C15H18N2O2S/c1-3-11(2)12-4-6-13(7-5-12)19-10-14(18)17-15-16-8-9-20-15/h4-9,11H,3,10H2,1-2H3,(H,16,17,18)/t11-/m0/s1. The van der Waals surface area contributed by atoms with Crippen LogP contribution in [0.4, 0.5) is 5.13 Å². The summed E-state index contributed by atoms with van der Waals surface area (Å²) in [5, 5.41) is 5.07. The van der Waals surface area contributed by atoms with Gasteiger partial charge in [-0.25, -0.2) is 4.98 Å². The van der Waals surface area contributed by atoms with Gasteiger partial charge < -0.3 is 4.74 Å². The minimum atomic E-state index is -0.203. The van der Waals surface area contributed by atoms with Crippen LogP contribution in [0.5, 0.6) is 5.75 Å². The number of aromatic nitrogens is 1. The van der Waals surface area contributed by atoms with Gasteiger partial charge in [0, 0.05) is 11.6 Å². The highest BCUT2D eigenvalue weighted by Crippen LogP contribution is 2.21. The van der Waals surface area contributed by atoms with Crippen LogP contribution in [0.2, 0.25) is 0 Å². The van der Waals surface area contributed by atoms with Gasteiger partial charge in [-0.15, -0.1) is 11.3 Å². The van der Waals surface area contributed by atoms with Crippen molar-refractivity contribution in [2.45, 2.75) is 26.2 Å². The van der Waals surface area contributed by atoms with Crippen molar-refractivity contribution in [2.75, 3.05) is 11.9 Å². The third kappa shape index (κ3) is 4.06. The third-order valence-electron chi connectivity index (χ3n) is 3.11. The molecule has 0 saturated carbocycles. The van der Waals surface area contributed by atoms with Crippen LogP contribution in [0.3, 0.4) is 0 Å². The van der Waals surface area contributed by atoms with Gasteiger partial charge in [0.2, 0.25) is 0 Å². The van der Waals surface area contributed by atoms with Crippen molar-refractivity contribution in [2.24, 2.45) is 0 Å². The predicted molar refractivity (Wildman–Crippen MR) is 81.4 cm³/mol. The number of hydrogen-bond acceptors (Lipinski definition) is 4. The Bertz CT molecular complexity index is 538. The van der Waals surface area contributed by atoms with Crippen molar-refractivity contribution in [1.82, 2.24) is 4.98 Å². The van der Waals surface area contributed by atoms with E-state index in [2.05, 4.69) is 24.1 Å². The zero-order valence-corrected chi connectivity index (χ0v) is 12.4. The number of nitrogens with one attached hydrogen (secondary N) is 1. The Morgan fingerprint density at radius 2 is 2.15 bits per heavy atom. The molecule has 20 heavy (non-hydrogen) atoms. The normalized spacial score (nSPS) is 11.9. The molecule has 0 aliphatic heterocycles. The molecule has 1 N–H and O–H groups in total. The minimum absolute atomic E-state index is 0.0116. The molecule has 0 unspecified atom stereocenters. The highest BCUT2D eigenvalue weighted by Gasteiger charge is 2.06. The van der Waals surface area contributed by atoms with Gasteiger partial charge in [-0.05, 0) is 30.0 Å². The Hall–Kier alpha value is -1.88. The Morgan fingerprint density at radius 3 is 2.75 bits per heavy atom. The molecule has 4 nitrogen and oxygen atoms in total. The molecule has 0 bridgehead atoms. The lowest BCUT2D eigenvalue weighted by Gasteiger charge is -2.10. The second-order valence-electron chi connectivity index (χ2n) is 4.55. The topological polar surface area (TPSA) is 51.2 Å². The number of carbonyl (C=O) groups is 1. The van der Waals surface area contributed by atoms with Gasteiger partial charge >= 0.3 is 0 Å². The van der Waals surface area contributed by atoms with Gasteiger partial charge in [-0.3, -0.25) is 10.1 Å². The molecule has 1 heterocycles. The molecule has 1 aromatic heterocycles. The molecule has 0 spiro atoms. The summed E-state index contributed by atoms with van der Waals surface area (Å²) in [6.45, 7) is 4.34. The molecule has 1 aromatic carbocycles. The number of rotatable bonds is 6. The number of carbonyl (C=O) groups excluding carboxylic acids is 1. The maximum absolute atomic E-state index is 11.6. The van der Waals surface area contributed by atoms with E-state index in [-0.39, 0.29) is 12.5 Å². The summed E-state index contributed by atoms with van der Waals surface area (Å²) in [6, 6.07) is 7.89. The molecule has 1 amide bonds. The number of amides is 1. The van der Waals surface area contributed by atoms with E-state index in [0.717, 1.165) is 6.42 Å². The van der Waals surface area contributed by atoms with E-state index in [0.29, 0.717) is 16.8 Å². The zero-order chi connectivity index (χ0) is 14.4. The molecule has 2 rings (SSSR count). The summed E-state index contributed by atoms with van der Waals surface area (Å²) in [6.07, 6.45) is 2.76. The Balaban J connectivity index is 1.83. The first-order chi connectivity index (χ1) is 9.69. The number of hydrogen-bond donors (Lipinski definition) is 1. The summed E-state index contributed by atoms with van der Waals surface area (Å²) in [5.41, 5.74) is 1.28. The Kier molecular flexibility index (Phi) is 5.12. The largest absolute Gasteiger partial charge is 0.484 e. The first-order valence-electron chi connectivity index (χ1n) is 6.61. The number of nitrogens with zero attached hydrogens (tertiary/aromatic N) is 1. The molecular weight excluding hydrogens is 272 g/mol. The van der Waals surface area contributed by atoms with Gasteiger partial charge in [0.05, 0.1) is 0 Å². The smallest absolute Gasteiger partial charge is 0.264 e. The number of anilines is 1. The van der Waals surface area contributed by atoms with E-state index in [1.807, 2.05) is 29.6 Å². The molecule has 106 valence electrons. The van der Waals surface area contributed by atoms with Crippen molar-refractivity contribution >= 4 is 22.4 Å². The summed E-state index contributed by atoms with van der Waals surface area (Å²) in [5.74, 6) is 1.04. The quantitative estimate of drug-likeness (QED) is 0.883. The fourth-order valence-electron chi connectivity index (χ4n) is 1.72. The summed E-state index contributed by atoms with van der Waals surface area (Å²) < 4.78 is 5.45. The maximum Gasteiger partial charge on any atom is 0.264 e. The minimum Gasteiger partial charge on any atom is -0.484 e. The fraction of sp³-hybridized carbons (Fsp3) is 0.333. The molecular formula is C15H18N2O2S. The first-order valence-corrected chi connectivity index (χ1v) is 7.49. The van der Waals surface area contributed by atoms with Crippen LogP contribution < -0.4 is 10.1 Å². The van der Waals surface area contributed by atoms with Crippen LogP contribution in [0.15, 0.2) is 35.8 Å². The van der Waals surface area contributed by atoms with Crippen molar-refractivity contribution < 1.29 is 9.53 Å². The van der Waals surface area contributed by atoms with Gasteiger partial charge in [-0.2, -0.15) is 0 Å². The first kappa shape index (κ1) is 14.5. The molecule has 5 heteroatoms. The second-order valence-corrected chi connectivity index (χ2v) is 5.45. The molecule has 0 radical (unpaired) electrons. The summed E-state index contributed by atoms with van der Waals surface area (Å²) in [7, 11) is 0. The van der Waals surface area contributed by atoms with Crippen LogP contribution in [0, 0.1) is 0 Å². The van der Waals surface area contributed by atoms with Gasteiger partial charge in [0.1, 0.15) is 5.75 Å². The van der Waals surface area contributed by atoms with Crippen molar-refractivity contribution in [3.05, 3.63) is 41.4 Å². The molecule has 0 aliphatic carbocycles. The highest BCUT2D eigenvalue weighted by molar-refractivity contribution is 7.13. The van der Waals surface area contributed by atoms with Crippen molar-refractivity contribution in [3.63, 3.8) is 0 Å². The SMILES string of the molecule is CC[C@H](C)c1ccc(OCC(=O)Nc2nccs2)cc1. The lowest BCUT2D eigenvalue weighted by atomic mass is 9.99. The summed E-state index contributed by atoms with van der Waals surface area (Å²) >= 11 is 1.38. The zero-order valence-electron chi connectivity index (χ0n) is 11.6. The summed E-state index contributed by atoms with van der Waals surface area (Å²) in [4.78, 5) is 15.6. The van der Waals surface area contributed by atoms with Crippen LogP contribution in [-0.4, -0.2) is 17.5 Å². The average Bonchev–Trinajstić information content (AvgIpc) is 2.97. The van der Waals surface area contributed by atoms with Gasteiger partial charge in [0.15, 0.2) is 11.7 Å². The van der Waals surface area contributed by atoms with E-state index in [9.17, 15) is 4.79 Å².